The number of ether oxygens (including phenoxy) is 2. The number of fused-ring (bicyclic) bond motifs is 1. The quantitative estimate of drug-likeness (QED) is 0.501. The number of phenolic OH excluding ortho intramolecular Hbond substituents is 2. The second-order valence-corrected chi connectivity index (χ2v) is 3.78. The molecule has 19 heavy (non-hydrogen) atoms. The van der Waals surface area contributed by atoms with Crippen molar-refractivity contribution >= 4 is 16.5 Å². The highest BCUT2D eigenvalue weighted by Crippen LogP contribution is 2.44. The van der Waals surface area contributed by atoms with Gasteiger partial charge in [-0.2, -0.15) is 0 Å². The first-order valence-electron chi connectivity index (χ1n) is 5.24. The minimum atomic E-state index is -0.773. The van der Waals surface area contributed by atoms with Gasteiger partial charge in [0.05, 0.1) is 19.1 Å². The SMILES string of the molecule is COc1cc2cc([N+](=O)[O-])c(O)c(O)c2cc1OC. The Morgan fingerprint density at radius 3 is 2.16 bits per heavy atom. The summed E-state index contributed by atoms with van der Waals surface area (Å²) in [5, 5.41) is 30.8. The lowest BCUT2D eigenvalue weighted by molar-refractivity contribution is -0.385. The van der Waals surface area contributed by atoms with Gasteiger partial charge in [0.1, 0.15) is 0 Å². The molecule has 0 saturated carbocycles. The molecule has 100 valence electrons. The zero-order valence-electron chi connectivity index (χ0n) is 10.2. The number of phenols is 2. The van der Waals surface area contributed by atoms with Crippen molar-refractivity contribution in [1.82, 2.24) is 0 Å². The van der Waals surface area contributed by atoms with Gasteiger partial charge in [0.25, 0.3) is 0 Å². The molecule has 0 aliphatic rings. The van der Waals surface area contributed by atoms with Crippen LogP contribution in [0.1, 0.15) is 0 Å². The minimum absolute atomic E-state index is 0.237. The molecular formula is C12H11NO6. The van der Waals surface area contributed by atoms with Gasteiger partial charge in [-0.3, -0.25) is 10.1 Å². The molecule has 0 radical (unpaired) electrons. The maximum Gasteiger partial charge on any atom is 0.315 e. The lowest BCUT2D eigenvalue weighted by Crippen LogP contribution is -1.93. The van der Waals surface area contributed by atoms with Crippen LogP contribution in [0.2, 0.25) is 0 Å². The summed E-state index contributed by atoms with van der Waals surface area (Å²) in [5.74, 6) is -0.622. The molecule has 0 spiro atoms. The largest absolute Gasteiger partial charge is 0.504 e. The monoisotopic (exact) mass is 265 g/mol. The molecule has 7 heteroatoms. The van der Waals surface area contributed by atoms with E-state index in [0.29, 0.717) is 16.9 Å². The standard InChI is InChI=1S/C12H11NO6/c1-18-9-4-6-3-8(13(16)17)12(15)11(14)7(6)5-10(9)19-2/h3-5,14-15H,1-2H3. The molecule has 0 aromatic heterocycles. The summed E-state index contributed by atoms with van der Waals surface area (Å²) in [4.78, 5) is 10.0. The molecule has 0 bridgehead atoms. The van der Waals surface area contributed by atoms with E-state index in [0.717, 1.165) is 6.07 Å². The topological polar surface area (TPSA) is 102 Å². The van der Waals surface area contributed by atoms with E-state index < -0.39 is 22.1 Å². The molecule has 0 atom stereocenters. The van der Waals surface area contributed by atoms with Gasteiger partial charge in [0, 0.05) is 11.5 Å². The highest BCUT2D eigenvalue weighted by Gasteiger charge is 2.21. The molecule has 2 N–H and O–H groups in total. The molecule has 2 aromatic rings. The van der Waals surface area contributed by atoms with E-state index in [2.05, 4.69) is 0 Å². The van der Waals surface area contributed by atoms with Crippen molar-refractivity contribution in [3.05, 3.63) is 28.3 Å². The van der Waals surface area contributed by atoms with Crippen LogP contribution < -0.4 is 9.47 Å². The molecule has 0 saturated heterocycles. The van der Waals surface area contributed by atoms with Crippen LogP contribution in [0, 0.1) is 10.1 Å². The Bertz CT molecular complexity index is 667. The zero-order valence-corrected chi connectivity index (χ0v) is 10.2. The van der Waals surface area contributed by atoms with Crippen molar-refractivity contribution in [2.24, 2.45) is 0 Å². The van der Waals surface area contributed by atoms with Crippen LogP contribution in [0.3, 0.4) is 0 Å². The van der Waals surface area contributed by atoms with Gasteiger partial charge in [-0.1, -0.05) is 0 Å². The number of nitrogens with zero attached hydrogens (tertiary/aromatic N) is 1. The van der Waals surface area contributed by atoms with Crippen molar-refractivity contribution in [3.8, 4) is 23.0 Å². The molecule has 0 unspecified atom stereocenters. The Kier molecular flexibility index (Phi) is 3.04. The smallest absolute Gasteiger partial charge is 0.315 e. The zero-order chi connectivity index (χ0) is 14.2. The number of rotatable bonds is 3. The lowest BCUT2D eigenvalue weighted by Gasteiger charge is -2.10. The van der Waals surface area contributed by atoms with E-state index in [1.165, 1.54) is 26.4 Å². The molecule has 7 nitrogen and oxygen atoms in total. The van der Waals surface area contributed by atoms with Crippen LogP contribution in [-0.4, -0.2) is 29.4 Å². The summed E-state index contributed by atoms with van der Waals surface area (Å²) in [7, 11) is 2.85. The molecule has 0 aliphatic heterocycles. The van der Waals surface area contributed by atoms with Crippen molar-refractivity contribution in [2.45, 2.75) is 0 Å². The summed E-state index contributed by atoms with van der Waals surface area (Å²) >= 11 is 0. The Hall–Kier alpha value is -2.70. The predicted octanol–water partition coefficient (Wildman–Crippen LogP) is 2.18. The number of methoxy groups -OCH3 is 2. The Labute approximate surface area is 107 Å². The fourth-order valence-electron chi connectivity index (χ4n) is 1.82. The normalized spacial score (nSPS) is 10.4. The van der Waals surface area contributed by atoms with E-state index in [1.807, 2.05) is 0 Å². The first kappa shape index (κ1) is 12.7. The lowest BCUT2D eigenvalue weighted by atomic mass is 10.1. The van der Waals surface area contributed by atoms with Crippen LogP contribution in [0.15, 0.2) is 18.2 Å². The predicted molar refractivity (Wildman–Crippen MR) is 67.0 cm³/mol. The fraction of sp³-hybridized carbons (Fsp3) is 0.167. The summed E-state index contributed by atoms with van der Waals surface area (Å²) in [6.07, 6.45) is 0. The highest BCUT2D eigenvalue weighted by molar-refractivity contribution is 5.95. The van der Waals surface area contributed by atoms with Crippen molar-refractivity contribution in [2.75, 3.05) is 14.2 Å². The first-order chi connectivity index (χ1) is 8.99. The molecule has 0 aliphatic carbocycles. The number of benzene rings is 2. The third-order valence-electron chi connectivity index (χ3n) is 2.77. The van der Waals surface area contributed by atoms with E-state index in [4.69, 9.17) is 9.47 Å². The number of hydrogen-bond acceptors (Lipinski definition) is 6. The highest BCUT2D eigenvalue weighted by atomic mass is 16.6. The van der Waals surface area contributed by atoms with Crippen LogP contribution in [0.4, 0.5) is 5.69 Å². The maximum atomic E-state index is 10.8. The van der Waals surface area contributed by atoms with E-state index >= 15 is 0 Å². The second kappa shape index (κ2) is 4.52. The maximum absolute atomic E-state index is 10.8. The number of aromatic hydroxyl groups is 2. The van der Waals surface area contributed by atoms with Gasteiger partial charge in [-0.05, 0) is 17.5 Å². The van der Waals surface area contributed by atoms with Crippen LogP contribution in [0.5, 0.6) is 23.0 Å². The Balaban J connectivity index is 2.85. The summed E-state index contributed by atoms with van der Waals surface area (Å²) in [6.45, 7) is 0. The molecule has 2 aromatic carbocycles. The summed E-state index contributed by atoms with van der Waals surface area (Å²) < 4.78 is 10.1. The third kappa shape index (κ3) is 1.95. The van der Waals surface area contributed by atoms with Gasteiger partial charge >= 0.3 is 5.69 Å². The van der Waals surface area contributed by atoms with Crippen LogP contribution >= 0.6 is 0 Å². The van der Waals surface area contributed by atoms with E-state index in [-0.39, 0.29) is 5.39 Å². The number of nitro groups is 1. The van der Waals surface area contributed by atoms with Gasteiger partial charge in [-0.15, -0.1) is 0 Å². The van der Waals surface area contributed by atoms with Crippen molar-refractivity contribution in [1.29, 1.82) is 0 Å². The number of hydrogen-bond donors (Lipinski definition) is 2. The van der Waals surface area contributed by atoms with Gasteiger partial charge in [0.15, 0.2) is 17.2 Å². The summed E-state index contributed by atoms with van der Waals surface area (Å²) in [6, 6.07) is 4.08. The average molecular weight is 265 g/mol. The molecule has 2 rings (SSSR count). The Morgan fingerprint density at radius 2 is 1.63 bits per heavy atom. The summed E-state index contributed by atoms with van der Waals surface area (Å²) in [5.41, 5.74) is -0.572. The Morgan fingerprint density at radius 1 is 1.05 bits per heavy atom. The minimum Gasteiger partial charge on any atom is -0.504 e. The molecule has 0 heterocycles. The molecule has 0 amide bonds. The van der Waals surface area contributed by atoms with Gasteiger partial charge in [-0.25, -0.2) is 0 Å². The van der Waals surface area contributed by atoms with Crippen LogP contribution in [-0.2, 0) is 0 Å². The van der Waals surface area contributed by atoms with Gasteiger partial charge < -0.3 is 19.7 Å². The van der Waals surface area contributed by atoms with Crippen molar-refractivity contribution < 1.29 is 24.6 Å². The van der Waals surface area contributed by atoms with E-state index in [9.17, 15) is 20.3 Å². The van der Waals surface area contributed by atoms with E-state index in [1.54, 1.807) is 0 Å². The van der Waals surface area contributed by atoms with Gasteiger partial charge in [0.2, 0.25) is 5.75 Å². The molecule has 0 fully saturated rings. The second-order valence-electron chi connectivity index (χ2n) is 3.78. The third-order valence-corrected chi connectivity index (χ3v) is 2.77. The fourth-order valence-corrected chi connectivity index (χ4v) is 1.82. The van der Waals surface area contributed by atoms with Crippen molar-refractivity contribution in [3.63, 3.8) is 0 Å². The molecular weight excluding hydrogens is 254 g/mol. The average Bonchev–Trinajstić information content (AvgIpc) is 2.41. The number of nitro benzene ring substituents is 1. The van der Waals surface area contributed by atoms with Crippen LogP contribution in [0.25, 0.3) is 10.8 Å². The first-order valence-corrected chi connectivity index (χ1v) is 5.24.